The Labute approximate surface area is 159 Å². The fourth-order valence-electron chi connectivity index (χ4n) is 3.59. The van der Waals surface area contributed by atoms with Gasteiger partial charge in [-0.1, -0.05) is 18.2 Å². The molecule has 1 saturated heterocycles. The maximum absolute atomic E-state index is 12.7. The Morgan fingerprint density at radius 1 is 1.33 bits per heavy atom. The molecule has 1 fully saturated rings. The molecular formula is C18H24N4O4S. The Morgan fingerprint density at radius 2 is 2.00 bits per heavy atom. The number of rotatable bonds is 4. The van der Waals surface area contributed by atoms with Crippen molar-refractivity contribution in [3.05, 3.63) is 36.9 Å². The first-order valence-electron chi connectivity index (χ1n) is 8.84. The maximum Gasteiger partial charge on any atom is 0.245 e. The molecule has 2 heterocycles. The van der Waals surface area contributed by atoms with Crippen LogP contribution < -0.4 is 15.4 Å². The number of hydrogen-bond donors (Lipinski definition) is 3. The number of fused-ring (bicyclic) bond motifs is 1. The van der Waals surface area contributed by atoms with Crippen molar-refractivity contribution < 1.29 is 18.0 Å². The molecule has 0 bridgehead atoms. The van der Waals surface area contributed by atoms with E-state index in [1.54, 1.807) is 35.2 Å². The third kappa shape index (κ3) is 3.98. The van der Waals surface area contributed by atoms with Gasteiger partial charge in [-0.3, -0.25) is 9.59 Å². The van der Waals surface area contributed by atoms with E-state index in [0.29, 0.717) is 38.0 Å². The highest BCUT2D eigenvalue weighted by molar-refractivity contribution is 7.89. The lowest BCUT2D eigenvalue weighted by Crippen LogP contribution is -2.63. The van der Waals surface area contributed by atoms with E-state index in [9.17, 15) is 18.0 Å². The third-order valence-corrected chi connectivity index (χ3v) is 6.48. The summed E-state index contributed by atoms with van der Waals surface area (Å²) in [5.41, 5.74) is -0.245. The smallest absolute Gasteiger partial charge is 0.245 e. The van der Waals surface area contributed by atoms with E-state index in [0.717, 1.165) is 0 Å². The van der Waals surface area contributed by atoms with Crippen LogP contribution >= 0.6 is 0 Å². The Morgan fingerprint density at radius 3 is 2.63 bits per heavy atom. The number of anilines is 1. The minimum atomic E-state index is -3.61. The van der Waals surface area contributed by atoms with E-state index >= 15 is 0 Å². The van der Waals surface area contributed by atoms with Crippen LogP contribution in [0.15, 0.2) is 41.8 Å². The number of likely N-dealkylation sites (tertiary alicyclic amines) is 1. The van der Waals surface area contributed by atoms with Crippen molar-refractivity contribution >= 4 is 27.5 Å². The van der Waals surface area contributed by atoms with Gasteiger partial charge in [-0.2, -0.15) is 4.72 Å². The molecule has 2 aliphatic heterocycles. The zero-order valence-corrected chi connectivity index (χ0v) is 16.0. The number of amides is 2. The molecule has 0 saturated carbocycles. The van der Waals surface area contributed by atoms with Gasteiger partial charge in [-0.15, -0.1) is 6.58 Å². The molecule has 146 valence electrons. The molecule has 0 radical (unpaired) electrons. The Kier molecular flexibility index (Phi) is 5.25. The van der Waals surface area contributed by atoms with Crippen LogP contribution in [-0.4, -0.2) is 49.9 Å². The standard InChI is InChI=1S/C18H24N4O4S/c1-3-6-15(19-13(2)23)17(24)22-11-9-18(10-12-22)20-14-7-4-5-8-16(14)27(25,26)21-18/h3-5,7-8,15,20-21H,1,6,9-12H2,2H3,(H,19,23). The molecule has 9 heteroatoms. The van der Waals surface area contributed by atoms with Gasteiger partial charge < -0.3 is 15.5 Å². The van der Waals surface area contributed by atoms with Gasteiger partial charge in [0.25, 0.3) is 0 Å². The minimum absolute atomic E-state index is 0.181. The van der Waals surface area contributed by atoms with Crippen LogP contribution in [0.5, 0.6) is 0 Å². The summed E-state index contributed by atoms with van der Waals surface area (Å²) in [6.45, 7) is 5.76. The van der Waals surface area contributed by atoms with E-state index in [4.69, 9.17) is 0 Å². The van der Waals surface area contributed by atoms with Crippen LogP contribution in [0.4, 0.5) is 5.69 Å². The largest absolute Gasteiger partial charge is 0.365 e. The lowest BCUT2D eigenvalue weighted by atomic mass is 9.96. The highest BCUT2D eigenvalue weighted by Crippen LogP contribution is 2.34. The second-order valence-electron chi connectivity index (χ2n) is 6.91. The second kappa shape index (κ2) is 7.32. The molecule has 2 amide bonds. The summed E-state index contributed by atoms with van der Waals surface area (Å²) in [6.07, 6.45) is 2.79. The van der Waals surface area contributed by atoms with E-state index in [2.05, 4.69) is 21.9 Å². The topological polar surface area (TPSA) is 108 Å². The lowest BCUT2D eigenvalue weighted by Gasteiger charge is -2.46. The summed E-state index contributed by atoms with van der Waals surface area (Å²) >= 11 is 0. The van der Waals surface area contributed by atoms with Crippen molar-refractivity contribution in [2.75, 3.05) is 18.4 Å². The third-order valence-electron chi connectivity index (χ3n) is 4.89. The van der Waals surface area contributed by atoms with Crippen molar-refractivity contribution in [2.24, 2.45) is 0 Å². The highest BCUT2D eigenvalue weighted by atomic mass is 32.2. The van der Waals surface area contributed by atoms with Crippen molar-refractivity contribution in [2.45, 2.75) is 42.8 Å². The molecule has 8 nitrogen and oxygen atoms in total. The van der Waals surface area contributed by atoms with Crippen LogP contribution in [0.2, 0.25) is 0 Å². The van der Waals surface area contributed by atoms with Gasteiger partial charge in [0.2, 0.25) is 21.8 Å². The highest BCUT2D eigenvalue weighted by Gasteiger charge is 2.44. The summed E-state index contributed by atoms with van der Waals surface area (Å²) < 4.78 is 27.9. The van der Waals surface area contributed by atoms with Crippen LogP contribution in [0.25, 0.3) is 0 Å². The number of benzene rings is 1. The number of hydrogen-bond acceptors (Lipinski definition) is 5. The van der Waals surface area contributed by atoms with Gasteiger partial charge in [0.15, 0.2) is 0 Å². The zero-order valence-electron chi connectivity index (χ0n) is 15.2. The number of nitrogens with one attached hydrogen (secondary N) is 3. The SMILES string of the molecule is C=CCC(NC(C)=O)C(=O)N1CCC2(CC1)Nc1ccccc1S(=O)(=O)N2. The average molecular weight is 392 g/mol. The number of sulfonamides is 1. The zero-order chi connectivity index (χ0) is 19.7. The van der Waals surface area contributed by atoms with Crippen LogP contribution in [-0.2, 0) is 19.6 Å². The van der Waals surface area contributed by atoms with E-state index in [1.807, 2.05) is 0 Å². The van der Waals surface area contributed by atoms with E-state index < -0.39 is 21.7 Å². The van der Waals surface area contributed by atoms with Gasteiger partial charge in [-0.25, -0.2) is 8.42 Å². The molecule has 1 atom stereocenters. The van der Waals surface area contributed by atoms with Crippen molar-refractivity contribution in [1.82, 2.24) is 14.9 Å². The van der Waals surface area contributed by atoms with Gasteiger partial charge in [0.1, 0.15) is 16.6 Å². The quantitative estimate of drug-likeness (QED) is 0.657. The Hall–Kier alpha value is -2.39. The molecular weight excluding hydrogens is 368 g/mol. The first-order valence-corrected chi connectivity index (χ1v) is 10.3. The fraction of sp³-hybridized carbons (Fsp3) is 0.444. The van der Waals surface area contributed by atoms with Crippen LogP contribution in [0, 0.1) is 0 Å². The maximum atomic E-state index is 12.7. The van der Waals surface area contributed by atoms with Gasteiger partial charge in [0.05, 0.1) is 5.69 Å². The number of carbonyl (C=O) groups excluding carboxylic acids is 2. The number of carbonyl (C=O) groups is 2. The predicted octanol–water partition coefficient (Wildman–Crippen LogP) is 0.790. The Balaban J connectivity index is 1.73. The molecule has 1 aromatic rings. The summed E-state index contributed by atoms with van der Waals surface area (Å²) in [6, 6.07) is 6.12. The Bertz CT molecular complexity index is 860. The van der Waals surface area contributed by atoms with E-state index in [-0.39, 0.29) is 16.7 Å². The van der Waals surface area contributed by atoms with Crippen LogP contribution in [0.1, 0.15) is 26.2 Å². The minimum Gasteiger partial charge on any atom is -0.365 e. The first-order chi connectivity index (χ1) is 12.8. The average Bonchev–Trinajstić information content (AvgIpc) is 2.60. The molecule has 3 rings (SSSR count). The number of piperidine rings is 1. The first kappa shape index (κ1) is 19.4. The van der Waals surface area contributed by atoms with Crippen LogP contribution in [0.3, 0.4) is 0 Å². The lowest BCUT2D eigenvalue weighted by molar-refractivity contribution is -0.137. The summed E-state index contributed by atoms with van der Waals surface area (Å²) in [4.78, 5) is 26.0. The number of nitrogens with zero attached hydrogens (tertiary/aromatic N) is 1. The molecule has 2 aliphatic rings. The predicted molar refractivity (Wildman–Crippen MR) is 101 cm³/mol. The molecule has 1 spiro atoms. The van der Waals surface area contributed by atoms with Crippen molar-refractivity contribution in [1.29, 1.82) is 0 Å². The summed E-state index contributed by atoms with van der Waals surface area (Å²) in [5.74, 6) is -0.457. The summed E-state index contributed by atoms with van der Waals surface area (Å²) in [7, 11) is -3.61. The molecule has 0 aliphatic carbocycles. The van der Waals surface area contributed by atoms with Crippen molar-refractivity contribution in [3.63, 3.8) is 0 Å². The van der Waals surface area contributed by atoms with Gasteiger partial charge in [0, 0.05) is 32.9 Å². The summed E-state index contributed by atoms with van der Waals surface area (Å²) in [5, 5.41) is 5.95. The molecule has 0 aromatic heterocycles. The molecule has 1 unspecified atom stereocenters. The normalized spacial score (nSPS) is 20.9. The fourth-order valence-corrected chi connectivity index (χ4v) is 5.14. The van der Waals surface area contributed by atoms with Gasteiger partial charge in [-0.05, 0) is 18.6 Å². The number of para-hydroxylation sites is 1. The molecule has 1 aromatic carbocycles. The van der Waals surface area contributed by atoms with Gasteiger partial charge >= 0.3 is 0 Å². The van der Waals surface area contributed by atoms with E-state index in [1.165, 1.54) is 6.92 Å². The molecule has 3 N–H and O–H groups in total. The van der Waals surface area contributed by atoms with Crippen molar-refractivity contribution in [3.8, 4) is 0 Å². The monoisotopic (exact) mass is 392 g/mol. The second-order valence-corrected chi connectivity index (χ2v) is 8.56. The molecule has 27 heavy (non-hydrogen) atoms.